The van der Waals surface area contributed by atoms with Crippen molar-refractivity contribution in [1.82, 2.24) is 9.29 Å². The Labute approximate surface area is 152 Å². The molecule has 0 atom stereocenters. The van der Waals surface area contributed by atoms with Crippen LogP contribution in [0.2, 0.25) is 0 Å². The Kier molecular flexibility index (Phi) is 6.11. The molecule has 0 spiro atoms. The van der Waals surface area contributed by atoms with Crippen molar-refractivity contribution in [2.24, 2.45) is 0 Å². The average Bonchev–Trinajstić information content (AvgIpc) is 2.62. The lowest BCUT2D eigenvalue weighted by Crippen LogP contribution is -2.35. The number of nitrogens with one attached hydrogen (secondary N) is 1. The summed E-state index contributed by atoms with van der Waals surface area (Å²) in [6, 6.07) is 8.84. The molecule has 140 valence electrons. The van der Waals surface area contributed by atoms with Gasteiger partial charge in [-0.25, -0.2) is 16.8 Å². The molecule has 0 aliphatic heterocycles. The second kappa shape index (κ2) is 7.94. The SMILES string of the molecule is CCS(=O)(=O)c1ccccc1NC(=O)CN(C)S(=O)(=O)c1cccnc1. The molecule has 2 aromatic rings. The van der Waals surface area contributed by atoms with E-state index in [4.69, 9.17) is 0 Å². The zero-order valence-electron chi connectivity index (χ0n) is 14.3. The lowest BCUT2D eigenvalue weighted by molar-refractivity contribution is -0.116. The molecule has 1 heterocycles. The molecule has 1 N–H and O–H groups in total. The molecule has 0 bridgehead atoms. The summed E-state index contributed by atoms with van der Waals surface area (Å²) in [5.41, 5.74) is 0.117. The highest BCUT2D eigenvalue weighted by Gasteiger charge is 2.24. The minimum atomic E-state index is -3.88. The second-order valence-electron chi connectivity index (χ2n) is 5.40. The van der Waals surface area contributed by atoms with Crippen molar-refractivity contribution in [2.75, 3.05) is 24.7 Å². The van der Waals surface area contributed by atoms with E-state index in [1.54, 1.807) is 12.1 Å². The molecule has 2 rings (SSSR count). The summed E-state index contributed by atoms with van der Waals surface area (Å²) in [7, 11) is -6.15. The summed E-state index contributed by atoms with van der Waals surface area (Å²) >= 11 is 0. The average molecular weight is 397 g/mol. The monoisotopic (exact) mass is 397 g/mol. The summed E-state index contributed by atoms with van der Waals surface area (Å²) < 4.78 is 49.9. The Bertz CT molecular complexity index is 990. The van der Waals surface area contributed by atoms with E-state index in [2.05, 4.69) is 10.3 Å². The van der Waals surface area contributed by atoms with E-state index in [0.29, 0.717) is 0 Å². The van der Waals surface area contributed by atoms with Crippen LogP contribution >= 0.6 is 0 Å². The molecule has 1 aromatic heterocycles. The van der Waals surface area contributed by atoms with Gasteiger partial charge in [-0.05, 0) is 24.3 Å². The van der Waals surface area contributed by atoms with E-state index < -0.39 is 32.3 Å². The number of carbonyl (C=O) groups is 1. The van der Waals surface area contributed by atoms with Crippen LogP contribution < -0.4 is 5.32 Å². The first kappa shape index (κ1) is 20.0. The number of carbonyl (C=O) groups excluding carboxylic acids is 1. The van der Waals surface area contributed by atoms with Gasteiger partial charge in [0.1, 0.15) is 4.90 Å². The summed E-state index contributed by atoms with van der Waals surface area (Å²) in [6.07, 6.45) is 2.63. The molecule has 0 unspecified atom stereocenters. The number of pyridine rings is 1. The van der Waals surface area contributed by atoms with Gasteiger partial charge >= 0.3 is 0 Å². The van der Waals surface area contributed by atoms with Crippen molar-refractivity contribution in [3.8, 4) is 0 Å². The normalized spacial score (nSPS) is 12.1. The Balaban J connectivity index is 2.18. The molecule has 0 saturated heterocycles. The summed E-state index contributed by atoms with van der Waals surface area (Å²) in [4.78, 5) is 16.0. The molecule has 0 radical (unpaired) electrons. The van der Waals surface area contributed by atoms with Gasteiger partial charge in [-0.2, -0.15) is 4.31 Å². The third-order valence-electron chi connectivity index (χ3n) is 3.59. The Hall–Kier alpha value is -2.30. The van der Waals surface area contributed by atoms with Crippen molar-refractivity contribution in [1.29, 1.82) is 0 Å². The highest BCUT2D eigenvalue weighted by Crippen LogP contribution is 2.22. The number of aromatic nitrogens is 1. The minimum absolute atomic E-state index is 0.00591. The zero-order chi connectivity index (χ0) is 19.4. The van der Waals surface area contributed by atoms with E-state index in [9.17, 15) is 21.6 Å². The fourth-order valence-corrected chi connectivity index (χ4v) is 4.30. The summed E-state index contributed by atoms with van der Waals surface area (Å²) in [6.45, 7) is 1.03. The highest BCUT2D eigenvalue weighted by atomic mass is 32.2. The van der Waals surface area contributed by atoms with Crippen molar-refractivity contribution in [3.63, 3.8) is 0 Å². The lowest BCUT2D eigenvalue weighted by atomic mass is 10.3. The van der Waals surface area contributed by atoms with Crippen molar-refractivity contribution < 1.29 is 21.6 Å². The fraction of sp³-hybridized carbons (Fsp3) is 0.250. The first-order valence-electron chi connectivity index (χ1n) is 7.66. The number of benzene rings is 1. The maximum absolute atomic E-state index is 12.4. The smallest absolute Gasteiger partial charge is 0.244 e. The predicted molar refractivity (Wildman–Crippen MR) is 96.9 cm³/mol. The summed E-state index contributed by atoms with van der Waals surface area (Å²) in [5, 5.41) is 2.47. The van der Waals surface area contributed by atoms with Crippen LogP contribution in [0.1, 0.15) is 6.92 Å². The number of anilines is 1. The molecule has 0 aliphatic carbocycles. The highest BCUT2D eigenvalue weighted by molar-refractivity contribution is 7.91. The quantitative estimate of drug-likeness (QED) is 0.749. The lowest BCUT2D eigenvalue weighted by Gasteiger charge is -2.17. The van der Waals surface area contributed by atoms with Gasteiger partial charge < -0.3 is 5.32 Å². The van der Waals surface area contributed by atoms with E-state index in [-0.39, 0.29) is 21.2 Å². The Morgan fingerprint density at radius 2 is 1.81 bits per heavy atom. The van der Waals surface area contributed by atoms with Gasteiger partial charge in [0, 0.05) is 19.4 Å². The maximum Gasteiger partial charge on any atom is 0.244 e. The van der Waals surface area contributed by atoms with Gasteiger partial charge in [-0.1, -0.05) is 19.1 Å². The van der Waals surface area contributed by atoms with Crippen LogP contribution in [0, 0.1) is 0 Å². The van der Waals surface area contributed by atoms with Gasteiger partial charge in [0.2, 0.25) is 15.9 Å². The maximum atomic E-state index is 12.4. The number of hydrogen-bond donors (Lipinski definition) is 1. The molecule has 0 aliphatic rings. The van der Waals surface area contributed by atoms with Crippen LogP contribution in [0.5, 0.6) is 0 Å². The molecular formula is C16H19N3O5S2. The van der Waals surface area contributed by atoms with Crippen molar-refractivity contribution in [2.45, 2.75) is 16.7 Å². The molecule has 10 heteroatoms. The van der Waals surface area contributed by atoms with Crippen LogP contribution in [0.25, 0.3) is 0 Å². The largest absolute Gasteiger partial charge is 0.324 e. The predicted octanol–water partition coefficient (Wildman–Crippen LogP) is 1.13. The third-order valence-corrected chi connectivity index (χ3v) is 7.16. The molecule has 0 fully saturated rings. The number of likely N-dealkylation sites (N-methyl/N-ethyl adjacent to an activating group) is 1. The Morgan fingerprint density at radius 3 is 2.42 bits per heavy atom. The number of sulfonamides is 1. The first-order chi connectivity index (χ1) is 12.2. The van der Waals surface area contributed by atoms with Crippen LogP contribution in [0.4, 0.5) is 5.69 Å². The van der Waals surface area contributed by atoms with Crippen molar-refractivity contribution in [3.05, 3.63) is 48.8 Å². The fourth-order valence-electron chi connectivity index (χ4n) is 2.15. The van der Waals surface area contributed by atoms with Crippen LogP contribution in [0.15, 0.2) is 58.6 Å². The van der Waals surface area contributed by atoms with E-state index >= 15 is 0 Å². The van der Waals surface area contributed by atoms with Crippen LogP contribution in [-0.4, -0.2) is 51.4 Å². The topological polar surface area (TPSA) is 114 Å². The van der Waals surface area contributed by atoms with Gasteiger partial charge in [0.25, 0.3) is 0 Å². The number of rotatable bonds is 7. The number of amides is 1. The van der Waals surface area contributed by atoms with Crippen LogP contribution in [-0.2, 0) is 24.7 Å². The molecule has 8 nitrogen and oxygen atoms in total. The molecule has 26 heavy (non-hydrogen) atoms. The van der Waals surface area contributed by atoms with E-state index in [1.807, 2.05) is 0 Å². The van der Waals surface area contributed by atoms with Crippen molar-refractivity contribution >= 4 is 31.5 Å². The number of sulfone groups is 1. The number of para-hydroxylation sites is 1. The van der Waals surface area contributed by atoms with Gasteiger partial charge in [-0.3, -0.25) is 9.78 Å². The molecule has 1 aromatic carbocycles. The van der Waals surface area contributed by atoms with Gasteiger partial charge in [0.05, 0.1) is 22.9 Å². The Morgan fingerprint density at radius 1 is 1.12 bits per heavy atom. The zero-order valence-corrected chi connectivity index (χ0v) is 15.9. The molecule has 1 amide bonds. The molecule has 0 saturated carbocycles. The third kappa shape index (κ3) is 4.45. The van der Waals surface area contributed by atoms with E-state index in [0.717, 1.165) is 4.31 Å². The minimum Gasteiger partial charge on any atom is -0.324 e. The summed E-state index contributed by atoms with van der Waals surface area (Å²) in [5.74, 6) is -0.770. The van der Waals surface area contributed by atoms with E-state index in [1.165, 1.54) is 50.6 Å². The number of hydrogen-bond acceptors (Lipinski definition) is 6. The number of nitrogens with zero attached hydrogens (tertiary/aromatic N) is 2. The standard InChI is InChI=1S/C16H19N3O5S2/c1-3-25(21,22)15-9-5-4-8-14(15)18-16(20)12-19(2)26(23,24)13-7-6-10-17-11-13/h4-11H,3,12H2,1-2H3,(H,18,20). The molecular weight excluding hydrogens is 378 g/mol. The van der Waals surface area contributed by atoms with Gasteiger partial charge in [0.15, 0.2) is 9.84 Å². The second-order valence-corrected chi connectivity index (χ2v) is 9.69. The van der Waals surface area contributed by atoms with Crippen LogP contribution in [0.3, 0.4) is 0 Å². The van der Waals surface area contributed by atoms with Gasteiger partial charge in [-0.15, -0.1) is 0 Å². The first-order valence-corrected chi connectivity index (χ1v) is 10.8.